The lowest BCUT2D eigenvalue weighted by atomic mass is 9.77. The van der Waals surface area contributed by atoms with Gasteiger partial charge in [0, 0.05) is 0 Å². The highest BCUT2D eigenvalue weighted by Crippen LogP contribution is 2.29. The maximum atomic E-state index is 8.92. The molecule has 0 aliphatic heterocycles. The highest BCUT2D eigenvalue weighted by atomic mass is 14.4. The van der Waals surface area contributed by atoms with Crippen molar-refractivity contribution in [2.24, 2.45) is 11.8 Å². The summed E-state index contributed by atoms with van der Waals surface area (Å²) in [5.41, 5.74) is 2.45. The minimum atomic E-state index is -0.130. The number of benzene rings is 1. The average Bonchev–Trinajstić information content (AvgIpc) is 2.27. The predicted octanol–water partition coefficient (Wildman–Crippen LogP) is 2.06. The Morgan fingerprint density at radius 2 is 1.36 bits per heavy atom. The van der Waals surface area contributed by atoms with Crippen LogP contribution in [0.1, 0.15) is 11.1 Å². The van der Waals surface area contributed by atoms with Crippen LogP contribution in [0.4, 0.5) is 0 Å². The summed E-state index contributed by atoms with van der Waals surface area (Å²) in [4.78, 5) is 0. The lowest BCUT2D eigenvalue weighted by Gasteiger charge is -2.23. The van der Waals surface area contributed by atoms with E-state index in [2.05, 4.69) is 12.1 Å². The topological polar surface area (TPSA) is 47.6 Å². The van der Waals surface area contributed by atoms with Crippen molar-refractivity contribution >= 4 is 0 Å². The molecule has 1 aromatic rings. The summed E-state index contributed by atoms with van der Waals surface area (Å²) in [6.07, 6.45) is 1.45. The molecule has 2 heteroatoms. The smallest absolute Gasteiger partial charge is 0.0673 e. The minimum Gasteiger partial charge on any atom is -0.198 e. The van der Waals surface area contributed by atoms with Crippen molar-refractivity contribution in [1.82, 2.24) is 0 Å². The van der Waals surface area contributed by atoms with Gasteiger partial charge in [-0.2, -0.15) is 10.5 Å². The van der Waals surface area contributed by atoms with Gasteiger partial charge in [0.25, 0.3) is 0 Å². The van der Waals surface area contributed by atoms with Crippen LogP contribution in [0.2, 0.25) is 0 Å². The molecule has 1 aromatic carbocycles. The van der Waals surface area contributed by atoms with Gasteiger partial charge in [-0.15, -0.1) is 0 Å². The first kappa shape index (κ1) is 8.78. The molecule has 68 valence electrons. The lowest BCUT2D eigenvalue weighted by molar-refractivity contribution is 0.461. The van der Waals surface area contributed by atoms with Gasteiger partial charge < -0.3 is 0 Å². The van der Waals surface area contributed by atoms with Crippen LogP contribution in [0, 0.1) is 34.5 Å². The summed E-state index contributed by atoms with van der Waals surface area (Å²) in [5.74, 6) is -0.259. The molecular formula is C12H10N2. The lowest BCUT2D eigenvalue weighted by Crippen LogP contribution is -2.22. The van der Waals surface area contributed by atoms with Crippen LogP contribution in [-0.4, -0.2) is 0 Å². The van der Waals surface area contributed by atoms with Gasteiger partial charge >= 0.3 is 0 Å². The third kappa shape index (κ3) is 1.36. The molecule has 0 saturated heterocycles. The monoisotopic (exact) mass is 182 g/mol. The Hall–Kier alpha value is -1.80. The molecule has 0 radical (unpaired) electrons. The van der Waals surface area contributed by atoms with Crippen LogP contribution < -0.4 is 0 Å². The fraction of sp³-hybridized carbons (Fsp3) is 0.333. The van der Waals surface area contributed by atoms with Crippen LogP contribution >= 0.6 is 0 Å². The molecular weight excluding hydrogens is 172 g/mol. The Morgan fingerprint density at radius 3 is 1.71 bits per heavy atom. The van der Waals surface area contributed by atoms with Crippen LogP contribution in [0.25, 0.3) is 0 Å². The van der Waals surface area contributed by atoms with Crippen molar-refractivity contribution in [3.05, 3.63) is 35.4 Å². The third-order valence-corrected chi connectivity index (χ3v) is 2.82. The molecule has 0 fully saturated rings. The molecule has 2 atom stereocenters. The van der Waals surface area contributed by atoms with E-state index in [1.165, 1.54) is 11.1 Å². The molecule has 2 nitrogen and oxygen atoms in total. The van der Waals surface area contributed by atoms with E-state index in [0.29, 0.717) is 0 Å². The zero-order chi connectivity index (χ0) is 9.97. The predicted molar refractivity (Wildman–Crippen MR) is 52.1 cm³/mol. The zero-order valence-electron chi connectivity index (χ0n) is 7.77. The van der Waals surface area contributed by atoms with Crippen LogP contribution in [-0.2, 0) is 12.8 Å². The summed E-state index contributed by atoms with van der Waals surface area (Å²) in [6.45, 7) is 0. The van der Waals surface area contributed by atoms with Gasteiger partial charge in [0.05, 0.1) is 24.0 Å². The van der Waals surface area contributed by atoms with E-state index in [1.54, 1.807) is 0 Å². The quantitative estimate of drug-likeness (QED) is 0.616. The van der Waals surface area contributed by atoms with Gasteiger partial charge in [0.15, 0.2) is 0 Å². The summed E-state index contributed by atoms with van der Waals surface area (Å²) < 4.78 is 0. The number of hydrogen-bond donors (Lipinski definition) is 0. The van der Waals surface area contributed by atoms with Gasteiger partial charge in [-0.1, -0.05) is 24.3 Å². The number of hydrogen-bond acceptors (Lipinski definition) is 2. The number of rotatable bonds is 0. The van der Waals surface area contributed by atoms with Gasteiger partial charge in [-0.3, -0.25) is 0 Å². The van der Waals surface area contributed by atoms with E-state index < -0.39 is 0 Å². The largest absolute Gasteiger partial charge is 0.198 e. The highest BCUT2D eigenvalue weighted by molar-refractivity contribution is 5.33. The van der Waals surface area contributed by atoms with Crippen LogP contribution in [0.15, 0.2) is 24.3 Å². The molecule has 0 bridgehead atoms. The van der Waals surface area contributed by atoms with E-state index >= 15 is 0 Å². The van der Waals surface area contributed by atoms with Crippen molar-refractivity contribution in [3.8, 4) is 12.1 Å². The van der Waals surface area contributed by atoms with E-state index in [0.717, 1.165) is 12.8 Å². The summed E-state index contributed by atoms with van der Waals surface area (Å²) in [5, 5.41) is 17.8. The van der Waals surface area contributed by atoms with Crippen LogP contribution in [0.5, 0.6) is 0 Å². The molecule has 1 aliphatic carbocycles. The number of fused-ring (bicyclic) bond motifs is 1. The van der Waals surface area contributed by atoms with Gasteiger partial charge in [0.1, 0.15) is 0 Å². The first-order chi connectivity index (χ1) is 6.85. The number of nitriles is 2. The van der Waals surface area contributed by atoms with Gasteiger partial charge in [-0.25, -0.2) is 0 Å². The Morgan fingerprint density at radius 1 is 0.929 bits per heavy atom. The van der Waals surface area contributed by atoms with Crippen LogP contribution in [0.3, 0.4) is 0 Å². The Labute approximate surface area is 83.4 Å². The standard InChI is InChI=1S/C12H10N2/c13-7-11-5-9-3-1-2-4-10(9)6-12(11)8-14/h1-4,11-12H,5-6H2/t11-,12-/m0/s1. The maximum absolute atomic E-state index is 8.92. The third-order valence-electron chi connectivity index (χ3n) is 2.82. The number of nitrogens with zero attached hydrogens (tertiary/aromatic N) is 2. The van der Waals surface area contributed by atoms with Crippen molar-refractivity contribution in [3.63, 3.8) is 0 Å². The molecule has 0 aromatic heterocycles. The average molecular weight is 182 g/mol. The second kappa shape index (κ2) is 3.52. The first-order valence-corrected chi connectivity index (χ1v) is 4.71. The van der Waals surface area contributed by atoms with E-state index in [-0.39, 0.29) is 11.8 Å². The fourth-order valence-corrected chi connectivity index (χ4v) is 1.99. The summed E-state index contributed by atoms with van der Waals surface area (Å²) in [7, 11) is 0. The van der Waals surface area contributed by atoms with Crippen molar-refractivity contribution in [2.45, 2.75) is 12.8 Å². The molecule has 0 saturated carbocycles. The molecule has 1 aliphatic rings. The normalized spacial score (nSPS) is 24.4. The fourth-order valence-electron chi connectivity index (χ4n) is 1.99. The molecule has 0 unspecified atom stereocenters. The van der Waals surface area contributed by atoms with E-state index in [4.69, 9.17) is 10.5 Å². The second-order valence-corrected chi connectivity index (χ2v) is 3.65. The Bertz CT molecular complexity index is 382. The van der Waals surface area contributed by atoms with Crippen molar-refractivity contribution in [1.29, 1.82) is 10.5 Å². The first-order valence-electron chi connectivity index (χ1n) is 4.71. The van der Waals surface area contributed by atoms with E-state index in [1.807, 2.05) is 24.3 Å². The minimum absolute atomic E-state index is 0.130. The molecule has 0 spiro atoms. The van der Waals surface area contributed by atoms with Crippen molar-refractivity contribution in [2.75, 3.05) is 0 Å². The Kier molecular flexibility index (Phi) is 2.21. The molecule has 2 rings (SSSR count). The zero-order valence-corrected chi connectivity index (χ0v) is 7.77. The SMILES string of the molecule is N#C[C@@H]1Cc2ccccc2C[C@H]1C#N. The summed E-state index contributed by atoms with van der Waals surface area (Å²) >= 11 is 0. The van der Waals surface area contributed by atoms with Gasteiger partial charge in [-0.05, 0) is 24.0 Å². The molecule has 0 N–H and O–H groups in total. The van der Waals surface area contributed by atoms with E-state index in [9.17, 15) is 0 Å². The second-order valence-electron chi connectivity index (χ2n) is 3.65. The maximum Gasteiger partial charge on any atom is 0.0673 e. The van der Waals surface area contributed by atoms with Gasteiger partial charge in [0.2, 0.25) is 0 Å². The molecule has 0 amide bonds. The summed E-state index contributed by atoms with van der Waals surface area (Å²) in [6, 6.07) is 12.5. The highest BCUT2D eigenvalue weighted by Gasteiger charge is 2.27. The molecule has 14 heavy (non-hydrogen) atoms. The Balaban J connectivity index is 2.36. The molecule has 0 heterocycles. The van der Waals surface area contributed by atoms with Crippen molar-refractivity contribution < 1.29 is 0 Å².